The van der Waals surface area contributed by atoms with Crippen LogP contribution in [0.15, 0.2) is 0 Å². The smallest absolute Gasteiger partial charge is 0.0141 e. The Morgan fingerprint density at radius 2 is 1.84 bits per heavy atom. The molecule has 0 amide bonds. The summed E-state index contributed by atoms with van der Waals surface area (Å²) in [6, 6.07) is 1.61. The van der Waals surface area contributed by atoms with Crippen LogP contribution in [-0.4, -0.2) is 30.1 Å². The first kappa shape index (κ1) is 15.3. The van der Waals surface area contributed by atoms with E-state index < -0.39 is 0 Å². The molecule has 4 atom stereocenters. The first-order valence-corrected chi connectivity index (χ1v) is 8.75. The molecule has 4 unspecified atom stereocenters. The Morgan fingerprint density at radius 1 is 1.00 bits per heavy atom. The summed E-state index contributed by atoms with van der Waals surface area (Å²) in [6.07, 6.45) is 12.6. The van der Waals surface area contributed by atoms with Crippen molar-refractivity contribution in [2.75, 3.05) is 13.1 Å². The van der Waals surface area contributed by atoms with E-state index in [1.807, 2.05) is 0 Å². The van der Waals surface area contributed by atoms with E-state index in [0.717, 1.165) is 30.5 Å². The van der Waals surface area contributed by atoms with E-state index in [4.69, 9.17) is 5.73 Å². The molecule has 19 heavy (non-hydrogen) atoms. The number of nitrogens with zero attached hydrogens (tertiary/aromatic N) is 1. The zero-order valence-corrected chi connectivity index (χ0v) is 13.1. The van der Waals surface area contributed by atoms with Gasteiger partial charge in [0.15, 0.2) is 0 Å². The lowest BCUT2D eigenvalue weighted by atomic mass is 9.76. The van der Waals surface area contributed by atoms with E-state index in [-0.39, 0.29) is 0 Å². The predicted molar refractivity (Wildman–Crippen MR) is 83.2 cm³/mol. The van der Waals surface area contributed by atoms with E-state index in [1.165, 1.54) is 64.3 Å². The Bertz CT molecular complexity index is 254. The van der Waals surface area contributed by atoms with E-state index in [0.29, 0.717) is 0 Å². The van der Waals surface area contributed by atoms with Gasteiger partial charge in [-0.2, -0.15) is 0 Å². The zero-order chi connectivity index (χ0) is 13.7. The molecule has 0 aromatic carbocycles. The largest absolute Gasteiger partial charge is 0.330 e. The number of hydrogen-bond donors (Lipinski definition) is 1. The second kappa shape index (κ2) is 7.64. The summed E-state index contributed by atoms with van der Waals surface area (Å²) in [6.45, 7) is 6.97. The van der Waals surface area contributed by atoms with Crippen molar-refractivity contribution in [3.05, 3.63) is 0 Å². The maximum Gasteiger partial charge on any atom is 0.0141 e. The molecule has 112 valence electrons. The molecule has 1 heterocycles. The minimum atomic E-state index is 0.759. The van der Waals surface area contributed by atoms with Gasteiger partial charge in [-0.05, 0) is 57.0 Å². The Labute approximate surface area is 120 Å². The van der Waals surface area contributed by atoms with Gasteiger partial charge in [-0.1, -0.05) is 39.5 Å². The van der Waals surface area contributed by atoms with Crippen molar-refractivity contribution in [2.45, 2.75) is 83.7 Å². The maximum atomic E-state index is 6.09. The lowest BCUT2D eigenvalue weighted by molar-refractivity contribution is 0.0459. The molecule has 1 saturated carbocycles. The highest BCUT2D eigenvalue weighted by atomic mass is 15.2. The molecule has 2 nitrogen and oxygen atoms in total. The molecular weight excluding hydrogens is 232 g/mol. The lowest BCUT2D eigenvalue weighted by Crippen LogP contribution is -2.51. The number of nitrogens with two attached hydrogens (primary N) is 1. The van der Waals surface area contributed by atoms with Gasteiger partial charge in [0.1, 0.15) is 0 Å². The highest BCUT2D eigenvalue weighted by molar-refractivity contribution is 4.90. The lowest BCUT2D eigenvalue weighted by Gasteiger charge is -2.45. The van der Waals surface area contributed by atoms with Crippen molar-refractivity contribution >= 4 is 0 Å². The Morgan fingerprint density at radius 3 is 2.53 bits per heavy atom. The number of hydrogen-bond acceptors (Lipinski definition) is 2. The van der Waals surface area contributed by atoms with Gasteiger partial charge in [0.2, 0.25) is 0 Å². The molecule has 0 aromatic heterocycles. The van der Waals surface area contributed by atoms with Gasteiger partial charge in [0.05, 0.1) is 0 Å². The standard InChI is InChI=1S/C17H34N2/c1-3-14-9-10-15(13-18)17(12-14)19-11-7-5-6-8-16(19)4-2/h14-17H,3-13,18H2,1-2H3. The average Bonchev–Trinajstić information content (AvgIpc) is 2.71. The van der Waals surface area contributed by atoms with Gasteiger partial charge in [-0.3, -0.25) is 4.90 Å². The van der Waals surface area contributed by atoms with Crippen LogP contribution in [0.5, 0.6) is 0 Å². The van der Waals surface area contributed by atoms with Gasteiger partial charge >= 0.3 is 0 Å². The summed E-state index contributed by atoms with van der Waals surface area (Å²) in [7, 11) is 0. The monoisotopic (exact) mass is 266 g/mol. The van der Waals surface area contributed by atoms with Crippen molar-refractivity contribution in [1.82, 2.24) is 4.90 Å². The Kier molecular flexibility index (Phi) is 6.15. The van der Waals surface area contributed by atoms with Crippen molar-refractivity contribution in [3.8, 4) is 0 Å². The zero-order valence-electron chi connectivity index (χ0n) is 13.1. The van der Waals surface area contributed by atoms with Crippen LogP contribution < -0.4 is 5.73 Å². The van der Waals surface area contributed by atoms with Crippen LogP contribution in [0.2, 0.25) is 0 Å². The molecule has 0 radical (unpaired) electrons. The predicted octanol–water partition coefficient (Wildman–Crippen LogP) is 3.79. The molecular formula is C17H34N2. The molecule has 2 aliphatic rings. The van der Waals surface area contributed by atoms with E-state index in [2.05, 4.69) is 18.7 Å². The minimum Gasteiger partial charge on any atom is -0.330 e. The summed E-state index contributed by atoms with van der Waals surface area (Å²) in [5.41, 5.74) is 6.09. The third-order valence-electron chi connectivity index (χ3n) is 5.76. The third-order valence-corrected chi connectivity index (χ3v) is 5.76. The first-order chi connectivity index (χ1) is 9.30. The fraction of sp³-hybridized carbons (Fsp3) is 1.00. The first-order valence-electron chi connectivity index (χ1n) is 8.75. The van der Waals surface area contributed by atoms with Crippen LogP contribution in [0.4, 0.5) is 0 Å². The second-order valence-corrected chi connectivity index (χ2v) is 6.80. The highest BCUT2D eigenvalue weighted by Crippen LogP contribution is 2.36. The van der Waals surface area contributed by atoms with Crippen LogP contribution in [0.25, 0.3) is 0 Å². The molecule has 1 aliphatic heterocycles. The average molecular weight is 266 g/mol. The molecule has 2 rings (SSSR count). The van der Waals surface area contributed by atoms with Crippen LogP contribution >= 0.6 is 0 Å². The summed E-state index contributed by atoms with van der Waals surface area (Å²) >= 11 is 0. The van der Waals surface area contributed by atoms with Gasteiger partial charge in [-0.15, -0.1) is 0 Å². The number of likely N-dealkylation sites (tertiary alicyclic amines) is 1. The third kappa shape index (κ3) is 3.72. The van der Waals surface area contributed by atoms with Gasteiger partial charge in [0, 0.05) is 12.1 Å². The maximum absolute atomic E-state index is 6.09. The SMILES string of the molecule is CCC1CCC(CN)C(N2CCCCCC2CC)C1. The van der Waals surface area contributed by atoms with Crippen LogP contribution in [-0.2, 0) is 0 Å². The van der Waals surface area contributed by atoms with E-state index in [9.17, 15) is 0 Å². The van der Waals surface area contributed by atoms with Crippen molar-refractivity contribution in [1.29, 1.82) is 0 Å². The normalized spacial score (nSPS) is 38.1. The van der Waals surface area contributed by atoms with Crippen LogP contribution in [0.1, 0.15) is 71.6 Å². The highest BCUT2D eigenvalue weighted by Gasteiger charge is 2.35. The molecule has 1 aliphatic carbocycles. The molecule has 0 aromatic rings. The van der Waals surface area contributed by atoms with Gasteiger partial charge in [-0.25, -0.2) is 0 Å². The fourth-order valence-electron chi connectivity index (χ4n) is 4.42. The molecule has 2 fully saturated rings. The molecule has 0 spiro atoms. The summed E-state index contributed by atoms with van der Waals surface area (Å²) in [5.74, 6) is 1.71. The van der Waals surface area contributed by atoms with Crippen LogP contribution in [0.3, 0.4) is 0 Å². The van der Waals surface area contributed by atoms with E-state index in [1.54, 1.807) is 0 Å². The van der Waals surface area contributed by atoms with Crippen molar-refractivity contribution in [3.63, 3.8) is 0 Å². The van der Waals surface area contributed by atoms with Crippen molar-refractivity contribution < 1.29 is 0 Å². The molecule has 0 bridgehead atoms. The number of rotatable bonds is 4. The Balaban J connectivity index is 2.08. The van der Waals surface area contributed by atoms with Crippen LogP contribution in [0, 0.1) is 11.8 Å². The summed E-state index contributed by atoms with van der Waals surface area (Å²) < 4.78 is 0. The molecule has 1 saturated heterocycles. The quantitative estimate of drug-likeness (QED) is 0.838. The van der Waals surface area contributed by atoms with Crippen molar-refractivity contribution in [2.24, 2.45) is 17.6 Å². The topological polar surface area (TPSA) is 29.3 Å². The summed E-state index contributed by atoms with van der Waals surface area (Å²) in [5, 5.41) is 0. The summed E-state index contributed by atoms with van der Waals surface area (Å²) in [4.78, 5) is 2.88. The Hall–Kier alpha value is -0.0800. The van der Waals surface area contributed by atoms with Gasteiger partial charge in [0.25, 0.3) is 0 Å². The minimum absolute atomic E-state index is 0.759. The molecule has 2 heteroatoms. The second-order valence-electron chi connectivity index (χ2n) is 6.80. The molecule has 2 N–H and O–H groups in total. The fourth-order valence-corrected chi connectivity index (χ4v) is 4.42. The van der Waals surface area contributed by atoms with Gasteiger partial charge < -0.3 is 5.73 Å². The van der Waals surface area contributed by atoms with E-state index >= 15 is 0 Å².